The van der Waals surface area contributed by atoms with Crippen molar-refractivity contribution in [2.24, 2.45) is 0 Å². The maximum Gasteiger partial charge on any atom is 0.387 e. The van der Waals surface area contributed by atoms with Gasteiger partial charge in [-0.25, -0.2) is 4.79 Å². The van der Waals surface area contributed by atoms with Gasteiger partial charge in [0.25, 0.3) is 0 Å². The third kappa shape index (κ3) is 6.71. The van der Waals surface area contributed by atoms with Gasteiger partial charge >= 0.3 is 12.6 Å². The minimum Gasteiger partial charge on any atom is -0.434 e. The molecule has 2 aliphatic rings. The molecule has 0 unspecified atom stereocenters. The Morgan fingerprint density at radius 3 is 2.37 bits per heavy atom. The zero-order valence-corrected chi connectivity index (χ0v) is 17.0. The van der Waals surface area contributed by atoms with Crippen LogP contribution in [-0.4, -0.2) is 48.6 Å². The first-order valence-corrected chi connectivity index (χ1v) is 10.6. The first-order valence-electron chi connectivity index (χ1n) is 10.6. The molecule has 1 aliphatic heterocycles. The summed E-state index contributed by atoms with van der Waals surface area (Å²) in [4.78, 5) is 26.4. The first-order chi connectivity index (χ1) is 14.5. The Balaban J connectivity index is 1.43. The van der Waals surface area contributed by atoms with Gasteiger partial charge in [-0.2, -0.15) is 8.78 Å². The molecule has 1 aliphatic carbocycles. The average Bonchev–Trinajstić information content (AvgIpc) is 2.74. The lowest BCUT2D eigenvalue weighted by Gasteiger charge is -2.34. The number of hydrogen-bond donors (Lipinski definition) is 2. The maximum absolute atomic E-state index is 12.5. The predicted octanol–water partition coefficient (Wildman–Crippen LogP) is 3.92. The van der Waals surface area contributed by atoms with E-state index >= 15 is 0 Å². The summed E-state index contributed by atoms with van der Waals surface area (Å²) < 4.78 is 29.4. The summed E-state index contributed by atoms with van der Waals surface area (Å²) in [6.07, 6.45) is 9.83. The number of carbonyl (C=O) groups is 2. The summed E-state index contributed by atoms with van der Waals surface area (Å²) in [7, 11) is 0. The van der Waals surface area contributed by atoms with Crippen LogP contribution in [-0.2, 0) is 4.79 Å². The number of piperidine rings is 1. The zero-order valence-electron chi connectivity index (χ0n) is 17.0. The predicted molar refractivity (Wildman–Crippen MR) is 110 cm³/mol. The van der Waals surface area contributed by atoms with E-state index in [0.29, 0.717) is 31.5 Å². The van der Waals surface area contributed by atoms with Crippen molar-refractivity contribution in [2.75, 3.05) is 13.1 Å². The molecule has 2 fully saturated rings. The Labute approximate surface area is 175 Å². The number of rotatable bonds is 6. The molecule has 0 spiro atoms. The summed E-state index contributed by atoms with van der Waals surface area (Å²) in [6, 6.07) is 6.56. The number of benzene rings is 1. The number of alkyl halides is 2. The molecule has 1 saturated heterocycles. The lowest BCUT2D eigenvalue weighted by Crippen LogP contribution is -2.51. The number of urea groups is 1. The molecule has 1 saturated carbocycles. The molecule has 0 atom stereocenters. The van der Waals surface area contributed by atoms with Gasteiger partial charge in [0.05, 0.1) is 0 Å². The Morgan fingerprint density at radius 2 is 1.67 bits per heavy atom. The van der Waals surface area contributed by atoms with Crippen LogP contribution in [0.2, 0.25) is 0 Å². The van der Waals surface area contributed by atoms with Crippen molar-refractivity contribution in [3.05, 3.63) is 35.9 Å². The Bertz CT molecular complexity index is 743. The molecule has 30 heavy (non-hydrogen) atoms. The third-order valence-corrected chi connectivity index (χ3v) is 5.61. The quantitative estimate of drug-likeness (QED) is 0.684. The van der Waals surface area contributed by atoms with Crippen molar-refractivity contribution < 1.29 is 23.1 Å². The molecule has 3 rings (SSSR count). The lowest BCUT2D eigenvalue weighted by atomic mass is 9.95. The van der Waals surface area contributed by atoms with Crippen molar-refractivity contribution in [2.45, 2.75) is 63.6 Å². The standard InChI is InChI=1S/C22H29F2N3O3/c23-21(24)30-19-9-5-4-6-16(19)10-11-20(28)25-18-12-14-27(15-13-18)22(29)26-17-7-2-1-3-8-17/h4-6,9-11,17-18,21H,1-3,7-8,12-15H2,(H,25,28)(H,26,29)/b11-10+. The number of carbonyl (C=O) groups excluding carboxylic acids is 2. The van der Waals surface area contributed by atoms with Crippen molar-refractivity contribution >= 4 is 18.0 Å². The molecule has 1 aromatic carbocycles. The van der Waals surface area contributed by atoms with Crippen LogP contribution in [0, 0.1) is 0 Å². The molecule has 8 heteroatoms. The Kier molecular flexibility index (Phi) is 8.04. The van der Waals surface area contributed by atoms with Gasteiger partial charge < -0.3 is 20.3 Å². The first kappa shape index (κ1) is 22.1. The van der Waals surface area contributed by atoms with Gasteiger partial charge in [0.2, 0.25) is 5.91 Å². The third-order valence-electron chi connectivity index (χ3n) is 5.61. The minimum absolute atomic E-state index is 0.0118. The van der Waals surface area contributed by atoms with Crippen LogP contribution < -0.4 is 15.4 Å². The molecular formula is C22H29F2N3O3. The molecule has 3 amide bonds. The molecule has 0 bridgehead atoms. The topological polar surface area (TPSA) is 70.7 Å². The Morgan fingerprint density at radius 1 is 1.00 bits per heavy atom. The highest BCUT2D eigenvalue weighted by molar-refractivity contribution is 5.92. The van der Waals surface area contributed by atoms with Crippen molar-refractivity contribution in [1.82, 2.24) is 15.5 Å². The fraction of sp³-hybridized carbons (Fsp3) is 0.545. The van der Waals surface area contributed by atoms with Crippen LogP contribution in [0.1, 0.15) is 50.5 Å². The highest BCUT2D eigenvalue weighted by Gasteiger charge is 2.25. The van der Waals surface area contributed by atoms with E-state index in [1.54, 1.807) is 18.2 Å². The highest BCUT2D eigenvalue weighted by Crippen LogP contribution is 2.22. The van der Waals surface area contributed by atoms with Gasteiger partial charge in [0.1, 0.15) is 5.75 Å². The Hall–Kier alpha value is -2.64. The van der Waals surface area contributed by atoms with Gasteiger partial charge in [0.15, 0.2) is 0 Å². The average molecular weight is 421 g/mol. The number of amides is 3. The summed E-state index contributed by atoms with van der Waals surface area (Å²) in [5.41, 5.74) is 0.405. The van der Waals surface area contributed by atoms with Gasteiger partial charge in [0, 0.05) is 36.8 Å². The smallest absolute Gasteiger partial charge is 0.387 e. The van der Waals surface area contributed by atoms with Gasteiger partial charge in [-0.05, 0) is 37.8 Å². The van der Waals surface area contributed by atoms with E-state index < -0.39 is 6.61 Å². The van der Waals surface area contributed by atoms with Crippen LogP contribution >= 0.6 is 0 Å². The van der Waals surface area contributed by atoms with Gasteiger partial charge in [-0.3, -0.25) is 4.79 Å². The van der Waals surface area contributed by atoms with Gasteiger partial charge in [-0.15, -0.1) is 0 Å². The van der Waals surface area contributed by atoms with Gasteiger partial charge in [-0.1, -0.05) is 37.5 Å². The van der Waals surface area contributed by atoms with Crippen LogP contribution in [0.5, 0.6) is 5.75 Å². The summed E-state index contributed by atoms with van der Waals surface area (Å²) in [5.74, 6) is -0.277. The van der Waals surface area contributed by atoms with E-state index in [2.05, 4.69) is 15.4 Å². The van der Waals surface area contributed by atoms with Crippen LogP contribution in [0.25, 0.3) is 6.08 Å². The maximum atomic E-state index is 12.5. The van der Waals surface area contributed by atoms with Crippen molar-refractivity contribution in [1.29, 1.82) is 0 Å². The fourth-order valence-corrected chi connectivity index (χ4v) is 3.98. The normalized spacial score (nSPS) is 18.6. The van der Waals surface area contributed by atoms with Crippen LogP contribution in [0.3, 0.4) is 0 Å². The van der Waals surface area contributed by atoms with Crippen LogP contribution in [0.15, 0.2) is 30.3 Å². The largest absolute Gasteiger partial charge is 0.434 e. The molecular weight excluding hydrogens is 392 g/mol. The molecule has 0 aromatic heterocycles. The molecule has 0 radical (unpaired) electrons. The number of likely N-dealkylation sites (tertiary alicyclic amines) is 1. The van der Waals surface area contributed by atoms with Crippen molar-refractivity contribution in [3.8, 4) is 5.75 Å². The second kappa shape index (κ2) is 10.9. The minimum atomic E-state index is -2.92. The number of nitrogens with one attached hydrogen (secondary N) is 2. The number of halogens is 2. The second-order valence-electron chi connectivity index (χ2n) is 7.80. The summed E-state index contributed by atoms with van der Waals surface area (Å²) >= 11 is 0. The zero-order chi connectivity index (χ0) is 21.3. The second-order valence-corrected chi connectivity index (χ2v) is 7.80. The highest BCUT2D eigenvalue weighted by atomic mass is 19.3. The fourth-order valence-electron chi connectivity index (χ4n) is 3.98. The monoisotopic (exact) mass is 421 g/mol. The van der Waals surface area contributed by atoms with Crippen LogP contribution in [0.4, 0.5) is 13.6 Å². The molecule has 2 N–H and O–H groups in total. The van der Waals surface area contributed by atoms with E-state index in [1.165, 1.54) is 37.5 Å². The molecule has 6 nitrogen and oxygen atoms in total. The molecule has 1 aromatic rings. The molecule has 164 valence electrons. The summed E-state index contributed by atoms with van der Waals surface area (Å²) in [5, 5.41) is 6.04. The van der Waals surface area contributed by atoms with E-state index in [-0.39, 0.29) is 29.8 Å². The van der Waals surface area contributed by atoms with E-state index in [9.17, 15) is 18.4 Å². The van der Waals surface area contributed by atoms with E-state index in [0.717, 1.165) is 12.8 Å². The number of hydrogen-bond acceptors (Lipinski definition) is 3. The number of nitrogens with zero attached hydrogens (tertiary/aromatic N) is 1. The summed E-state index contributed by atoms with van der Waals surface area (Å²) in [6.45, 7) is -1.73. The number of para-hydroxylation sites is 1. The van der Waals surface area contributed by atoms with E-state index in [4.69, 9.17) is 0 Å². The van der Waals surface area contributed by atoms with Crippen molar-refractivity contribution in [3.63, 3.8) is 0 Å². The van der Waals surface area contributed by atoms with E-state index in [1.807, 2.05) is 4.90 Å². The SMILES string of the molecule is O=C(/C=C/c1ccccc1OC(F)F)NC1CCN(C(=O)NC2CCCCC2)CC1. The molecule has 1 heterocycles. The number of ether oxygens (including phenoxy) is 1. The lowest BCUT2D eigenvalue weighted by molar-refractivity contribution is -0.117.